The van der Waals surface area contributed by atoms with E-state index in [1.54, 1.807) is 83.5 Å². The molecule has 14 atom stereocenters. The lowest BCUT2D eigenvalue weighted by atomic mass is 9.17. The van der Waals surface area contributed by atoms with E-state index < -0.39 is 0 Å². The lowest BCUT2D eigenvalue weighted by molar-refractivity contribution is -0.0229. The second kappa shape index (κ2) is 8.03. The maximum atomic E-state index is 6.66. The molecule has 0 radical (unpaired) electrons. The highest BCUT2D eigenvalue weighted by Crippen LogP contribution is 2.73. The second-order valence-electron chi connectivity index (χ2n) is 15.7. The van der Waals surface area contributed by atoms with E-state index in [4.69, 9.17) is 5.73 Å². The largest absolute Gasteiger partial charge is 0.328 e. The standard InChI is InChI=1S/C31H50B2N2/c34-18-15-16-24-22(17-18)21-9-5-14-28-30(21)33(24)26-12-6-11-25-31(26)35(28)27-13-4-8-20-19-7-2-1-3-10-23(19)32(25)29(20)27/h18-31H,1-17,34H2. The summed E-state index contributed by atoms with van der Waals surface area (Å²) in [5, 5.41) is 0. The van der Waals surface area contributed by atoms with Crippen molar-refractivity contribution in [2.75, 3.05) is 0 Å². The summed E-state index contributed by atoms with van der Waals surface area (Å²) in [7, 11) is 0. The van der Waals surface area contributed by atoms with Gasteiger partial charge in [-0.25, -0.2) is 0 Å². The first-order chi connectivity index (χ1) is 17.3. The van der Waals surface area contributed by atoms with Crippen LogP contribution < -0.4 is 5.73 Å². The average Bonchev–Trinajstić information content (AvgIpc) is 3.25. The Hall–Kier alpha value is 0.0499. The topological polar surface area (TPSA) is 29.3 Å². The zero-order valence-corrected chi connectivity index (χ0v) is 22.3. The molecular weight excluding hydrogens is 422 g/mol. The molecule has 35 heavy (non-hydrogen) atoms. The van der Waals surface area contributed by atoms with Gasteiger partial charge in [-0.1, -0.05) is 95.1 Å². The molecular formula is C31H50B2N2. The van der Waals surface area contributed by atoms with E-state index in [0.717, 1.165) is 90.1 Å². The van der Waals surface area contributed by atoms with Crippen LogP contribution in [-0.4, -0.2) is 42.5 Å². The molecule has 9 rings (SSSR count). The minimum Gasteiger partial charge on any atom is -0.328 e. The molecule has 4 heterocycles. The Morgan fingerprint density at radius 1 is 0.486 bits per heavy atom. The number of hydrogen-bond acceptors (Lipinski definition) is 2. The molecule has 0 aromatic heterocycles. The van der Waals surface area contributed by atoms with Crippen LogP contribution in [0.5, 0.6) is 0 Å². The van der Waals surface area contributed by atoms with Gasteiger partial charge in [0.1, 0.15) is 0 Å². The van der Waals surface area contributed by atoms with Crippen LogP contribution >= 0.6 is 0 Å². The zero-order chi connectivity index (χ0) is 22.8. The number of hydrogen-bond donors (Lipinski definition) is 1. The fourth-order valence-corrected chi connectivity index (χ4v) is 14.8. The summed E-state index contributed by atoms with van der Waals surface area (Å²) < 4.78 is 0. The fourth-order valence-electron chi connectivity index (χ4n) is 14.8. The molecule has 0 amide bonds. The predicted octanol–water partition coefficient (Wildman–Crippen LogP) is 7.15. The van der Waals surface area contributed by atoms with Crippen LogP contribution in [0.1, 0.15) is 109 Å². The Labute approximate surface area is 215 Å². The SMILES string of the molecule is NC1CCC2B3C4CCCC5B6C7CCCCCC7C7CCCC(C67)N(C6CCCC(C2C1)C36)C54. The van der Waals surface area contributed by atoms with Gasteiger partial charge in [0.15, 0.2) is 13.4 Å². The number of nitrogens with two attached hydrogens (primary N) is 1. The number of nitrogens with zero attached hydrogens (tertiary/aromatic N) is 1. The van der Waals surface area contributed by atoms with Gasteiger partial charge in [-0.2, -0.15) is 0 Å². The molecule has 9 aliphatic rings. The lowest BCUT2D eigenvalue weighted by Crippen LogP contribution is -2.70. The van der Waals surface area contributed by atoms with E-state index in [2.05, 4.69) is 4.90 Å². The van der Waals surface area contributed by atoms with Gasteiger partial charge in [0, 0.05) is 24.2 Å². The van der Waals surface area contributed by atoms with Crippen LogP contribution in [0.2, 0.25) is 34.9 Å². The van der Waals surface area contributed by atoms with Gasteiger partial charge in [-0.3, -0.25) is 4.90 Å². The zero-order valence-electron chi connectivity index (χ0n) is 22.3. The van der Waals surface area contributed by atoms with Gasteiger partial charge in [0.2, 0.25) is 0 Å². The summed E-state index contributed by atoms with van der Waals surface area (Å²) in [5.74, 6) is 10.8. The van der Waals surface area contributed by atoms with E-state index in [0.29, 0.717) is 6.04 Å². The van der Waals surface area contributed by atoms with E-state index in [-0.39, 0.29) is 0 Å². The Kier molecular flexibility index (Phi) is 5.03. The molecule has 190 valence electrons. The first kappa shape index (κ1) is 21.9. The van der Waals surface area contributed by atoms with Crippen molar-refractivity contribution in [2.24, 2.45) is 29.4 Å². The van der Waals surface area contributed by atoms with Gasteiger partial charge in [-0.15, -0.1) is 0 Å². The maximum Gasteiger partial charge on any atom is 0.153 e. The first-order valence-electron chi connectivity index (χ1n) is 16.8. The van der Waals surface area contributed by atoms with E-state index >= 15 is 0 Å². The highest BCUT2D eigenvalue weighted by Gasteiger charge is 2.71. The molecule has 0 aromatic rings. The smallest absolute Gasteiger partial charge is 0.153 e. The molecule has 14 unspecified atom stereocenters. The summed E-state index contributed by atoms with van der Waals surface area (Å²) in [6, 6.07) is 3.47. The molecule has 2 N–H and O–H groups in total. The molecule has 4 saturated heterocycles. The summed E-state index contributed by atoms with van der Waals surface area (Å²) >= 11 is 0. The van der Waals surface area contributed by atoms with Crippen molar-refractivity contribution in [1.82, 2.24) is 4.90 Å². The lowest BCUT2D eigenvalue weighted by Gasteiger charge is -2.67. The van der Waals surface area contributed by atoms with Crippen molar-refractivity contribution in [2.45, 2.75) is 168 Å². The van der Waals surface area contributed by atoms with Gasteiger partial charge >= 0.3 is 0 Å². The highest BCUT2D eigenvalue weighted by molar-refractivity contribution is 6.68. The normalized spacial score (nSPS) is 58.5. The molecule has 5 saturated carbocycles. The Balaban J connectivity index is 1.16. The Morgan fingerprint density at radius 2 is 1.06 bits per heavy atom. The van der Waals surface area contributed by atoms with Gasteiger partial charge in [0.25, 0.3) is 0 Å². The van der Waals surface area contributed by atoms with Gasteiger partial charge in [0.05, 0.1) is 0 Å². The van der Waals surface area contributed by atoms with Crippen LogP contribution in [-0.2, 0) is 0 Å². The van der Waals surface area contributed by atoms with E-state index in [9.17, 15) is 0 Å². The van der Waals surface area contributed by atoms with Crippen molar-refractivity contribution in [3.63, 3.8) is 0 Å². The molecule has 0 bridgehead atoms. The average molecular weight is 472 g/mol. The van der Waals surface area contributed by atoms with Crippen LogP contribution in [0, 0.1) is 23.7 Å². The predicted molar refractivity (Wildman–Crippen MR) is 148 cm³/mol. The third-order valence-corrected chi connectivity index (χ3v) is 15.1. The van der Waals surface area contributed by atoms with E-state index in [1.807, 2.05) is 0 Å². The van der Waals surface area contributed by atoms with Crippen LogP contribution in [0.4, 0.5) is 0 Å². The highest BCUT2D eigenvalue weighted by atomic mass is 15.3. The quantitative estimate of drug-likeness (QED) is 0.380. The first-order valence-corrected chi connectivity index (χ1v) is 16.8. The van der Waals surface area contributed by atoms with Crippen molar-refractivity contribution in [1.29, 1.82) is 0 Å². The maximum absolute atomic E-state index is 6.66. The van der Waals surface area contributed by atoms with Crippen molar-refractivity contribution < 1.29 is 0 Å². The van der Waals surface area contributed by atoms with Crippen molar-refractivity contribution >= 4 is 13.4 Å². The molecule has 4 heteroatoms. The molecule has 0 aromatic carbocycles. The summed E-state index contributed by atoms with van der Waals surface area (Å²) in [6.07, 6.45) is 26.3. The van der Waals surface area contributed by atoms with Crippen LogP contribution in [0.25, 0.3) is 0 Å². The summed E-state index contributed by atoms with van der Waals surface area (Å²) in [6.45, 7) is 2.22. The minimum absolute atomic E-state index is 0.518. The van der Waals surface area contributed by atoms with Crippen LogP contribution in [0.15, 0.2) is 0 Å². The molecule has 0 spiro atoms. The third-order valence-electron chi connectivity index (χ3n) is 15.1. The van der Waals surface area contributed by atoms with Crippen molar-refractivity contribution in [3.05, 3.63) is 0 Å². The summed E-state index contributed by atoms with van der Waals surface area (Å²) in [4.78, 5) is 3.44. The summed E-state index contributed by atoms with van der Waals surface area (Å²) in [5.41, 5.74) is 6.66. The number of rotatable bonds is 0. The Morgan fingerprint density at radius 3 is 1.80 bits per heavy atom. The van der Waals surface area contributed by atoms with Gasteiger partial charge < -0.3 is 5.73 Å². The van der Waals surface area contributed by atoms with Crippen LogP contribution in [0.3, 0.4) is 0 Å². The number of fused-ring (bicyclic) bond motifs is 10. The fraction of sp³-hybridized carbons (Fsp3) is 1.00. The molecule has 9 fully saturated rings. The molecule has 2 nitrogen and oxygen atoms in total. The van der Waals surface area contributed by atoms with Crippen molar-refractivity contribution in [3.8, 4) is 0 Å². The minimum atomic E-state index is 0.518. The monoisotopic (exact) mass is 472 g/mol. The second-order valence-corrected chi connectivity index (χ2v) is 15.7. The van der Waals surface area contributed by atoms with Gasteiger partial charge in [-0.05, 0) is 72.6 Å². The molecule has 5 aliphatic carbocycles. The Bertz CT molecular complexity index is 832. The molecule has 4 aliphatic heterocycles. The van der Waals surface area contributed by atoms with E-state index in [1.165, 1.54) is 25.7 Å². The third kappa shape index (κ3) is 2.84.